The van der Waals surface area contributed by atoms with E-state index in [-0.39, 0.29) is 11.8 Å². The van der Waals surface area contributed by atoms with Crippen LogP contribution in [0.15, 0.2) is 53.1 Å². The van der Waals surface area contributed by atoms with Crippen LogP contribution in [0.5, 0.6) is 5.75 Å². The molecule has 8 nitrogen and oxygen atoms in total. The maximum absolute atomic E-state index is 12.9. The second-order valence-electron chi connectivity index (χ2n) is 9.87. The lowest BCUT2D eigenvalue weighted by Gasteiger charge is -2.30. The molecule has 1 unspecified atom stereocenters. The van der Waals surface area contributed by atoms with Crippen LogP contribution in [-0.4, -0.2) is 60.8 Å². The van der Waals surface area contributed by atoms with Crippen molar-refractivity contribution in [3.05, 3.63) is 59.7 Å². The minimum atomic E-state index is 0.0207. The van der Waals surface area contributed by atoms with Crippen LogP contribution in [0.1, 0.15) is 30.4 Å². The van der Waals surface area contributed by atoms with Crippen LogP contribution < -0.4 is 15.0 Å². The van der Waals surface area contributed by atoms with E-state index in [0.29, 0.717) is 17.8 Å². The number of methoxy groups -OCH3 is 1. The average molecular weight is 500 g/mol. The second-order valence-corrected chi connectivity index (χ2v) is 9.87. The molecule has 8 heteroatoms. The van der Waals surface area contributed by atoms with Crippen molar-refractivity contribution in [3.63, 3.8) is 0 Å². The number of carbonyl (C=O) groups is 1. The fourth-order valence-corrected chi connectivity index (χ4v) is 5.11. The van der Waals surface area contributed by atoms with E-state index in [1.807, 2.05) is 36.4 Å². The molecule has 1 atom stereocenters. The number of piperidine rings is 1. The van der Waals surface area contributed by atoms with Gasteiger partial charge in [-0.3, -0.25) is 9.69 Å². The molecule has 37 heavy (non-hydrogen) atoms. The third kappa shape index (κ3) is 6.12. The number of nitrogens with zero attached hydrogens (tertiary/aromatic N) is 4. The summed E-state index contributed by atoms with van der Waals surface area (Å²) in [5, 5.41) is 7.34. The van der Waals surface area contributed by atoms with Gasteiger partial charge >= 0.3 is 6.01 Å². The SMILES string of the molecule is C#Cc1ccc(CN2CCC(CNC(=O)C3CCN(c4nc(-c5ccc(OC)cc5)no4)CC3)C2)cc1. The molecule has 0 aliphatic carbocycles. The first-order valence-electron chi connectivity index (χ1n) is 12.9. The molecule has 1 aromatic heterocycles. The molecule has 192 valence electrons. The Kier molecular flexibility index (Phi) is 7.71. The lowest BCUT2D eigenvalue weighted by atomic mass is 9.96. The summed E-state index contributed by atoms with van der Waals surface area (Å²) in [6.07, 6.45) is 8.10. The summed E-state index contributed by atoms with van der Waals surface area (Å²) in [5.74, 6) is 4.66. The maximum Gasteiger partial charge on any atom is 0.324 e. The van der Waals surface area contributed by atoms with Crippen LogP contribution in [0, 0.1) is 24.2 Å². The fraction of sp³-hybridized carbons (Fsp3) is 0.414. The van der Waals surface area contributed by atoms with Crippen LogP contribution in [0.4, 0.5) is 6.01 Å². The Morgan fingerprint density at radius 1 is 1.11 bits per heavy atom. The highest BCUT2D eigenvalue weighted by molar-refractivity contribution is 5.79. The van der Waals surface area contributed by atoms with Gasteiger partial charge < -0.3 is 19.5 Å². The number of aromatic nitrogens is 2. The first-order chi connectivity index (χ1) is 18.1. The van der Waals surface area contributed by atoms with Gasteiger partial charge in [-0.25, -0.2) is 0 Å². The highest BCUT2D eigenvalue weighted by Crippen LogP contribution is 2.26. The molecule has 2 fully saturated rings. The Balaban J connectivity index is 1.04. The molecule has 1 amide bonds. The van der Waals surface area contributed by atoms with Gasteiger partial charge in [-0.05, 0) is 73.7 Å². The summed E-state index contributed by atoms with van der Waals surface area (Å²) < 4.78 is 10.7. The zero-order valence-corrected chi connectivity index (χ0v) is 21.2. The minimum Gasteiger partial charge on any atom is -0.497 e. The molecule has 0 saturated carbocycles. The molecule has 5 rings (SSSR count). The second kappa shape index (κ2) is 11.5. The minimum absolute atomic E-state index is 0.0207. The van der Waals surface area contributed by atoms with Gasteiger partial charge in [-0.15, -0.1) is 6.42 Å². The molecule has 0 bridgehead atoms. The monoisotopic (exact) mass is 499 g/mol. The van der Waals surface area contributed by atoms with Gasteiger partial charge in [-0.2, -0.15) is 4.98 Å². The summed E-state index contributed by atoms with van der Waals surface area (Å²) in [5.41, 5.74) is 3.05. The summed E-state index contributed by atoms with van der Waals surface area (Å²) in [7, 11) is 1.64. The summed E-state index contributed by atoms with van der Waals surface area (Å²) in [4.78, 5) is 21.9. The van der Waals surface area contributed by atoms with Crippen LogP contribution in [0.2, 0.25) is 0 Å². The summed E-state index contributed by atoms with van der Waals surface area (Å²) in [6.45, 7) is 5.15. The van der Waals surface area contributed by atoms with E-state index in [1.54, 1.807) is 7.11 Å². The summed E-state index contributed by atoms with van der Waals surface area (Å²) >= 11 is 0. The lowest BCUT2D eigenvalue weighted by Crippen LogP contribution is -2.42. The molecule has 3 aromatic rings. The van der Waals surface area contributed by atoms with Gasteiger partial charge in [0.15, 0.2) is 0 Å². The van der Waals surface area contributed by atoms with E-state index >= 15 is 0 Å². The third-order valence-electron chi connectivity index (χ3n) is 7.36. The van der Waals surface area contributed by atoms with Crippen LogP contribution >= 0.6 is 0 Å². The fourth-order valence-electron chi connectivity index (χ4n) is 5.11. The van der Waals surface area contributed by atoms with Crippen molar-refractivity contribution in [2.45, 2.75) is 25.8 Å². The standard InChI is InChI=1S/C29H33N5O3/c1-3-21-4-6-22(7-5-21)19-33-15-12-23(20-33)18-30-28(35)25-13-16-34(17-14-25)29-31-27(32-37-29)24-8-10-26(36-2)11-9-24/h1,4-11,23,25H,12-20H2,2H3,(H,30,35). The number of terminal acetylenes is 1. The first kappa shape index (κ1) is 24.8. The van der Waals surface area contributed by atoms with Crippen molar-refractivity contribution in [3.8, 4) is 29.5 Å². The van der Waals surface area contributed by atoms with Crippen LogP contribution in [-0.2, 0) is 11.3 Å². The van der Waals surface area contributed by atoms with E-state index in [4.69, 9.17) is 15.7 Å². The van der Waals surface area contributed by atoms with Gasteiger partial charge in [0.1, 0.15) is 5.75 Å². The number of nitrogens with one attached hydrogen (secondary N) is 1. The number of rotatable bonds is 8. The molecule has 3 heterocycles. The van der Waals surface area contributed by atoms with Crippen molar-refractivity contribution < 1.29 is 14.1 Å². The number of benzene rings is 2. The number of ether oxygens (including phenoxy) is 1. The predicted octanol–water partition coefficient (Wildman–Crippen LogP) is 3.58. The van der Waals surface area contributed by atoms with Crippen molar-refractivity contribution >= 4 is 11.9 Å². The van der Waals surface area contributed by atoms with Crippen LogP contribution in [0.25, 0.3) is 11.4 Å². The number of hydrogen-bond donors (Lipinski definition) is 1. The average Bonchev–Trinajstić information content (AvgIpc) is 3.62. The van der Waals surface area contributed by atoms with Crippen molar-refractivity contribution in [1.29, 1.82) is 0 Å². The Morgan fingerprint density at radius 2 is 1.86 bits per heavy atom. The van der Waals surface area contributed by atoms with Gasteiger partial charge in [-0.1, -0.05) is 23.2 Å². The number of carbonyl (C=O) groups excluding carboxylic acids is 1. The van der Waals surface area contributed by atoms with E-state index < -0.39 is 0 Å². The molecule has 2 aliphatic rings. The zero-order valence-electron chi connectivity index (χ0n) is 21.2. The predicted molar refractivity (Wildman–Crippen MR) is 142 cm³/mol. The molecule has 0 spiro atoms. The van der Waals surface area contributed by atoms with Gasteiger partial charge in [0.2, 0.25) is 11.7 Å². The maximum atomic E-state index is 12.9. The number of anilines is 1. The lowest BCUT2D eigenvalue weighted by molar-refractivity contribution is -0.125. The van der Waals surface area contributed by atoms with Gasteiger partial charge in [0, 0.05) is 49.8 Å². The Bertz CT molecular complexity index is 1220. The van der Waals surface area contributed by atoms with E-state index in [0.717, 1.165) is 75.4 Å². The highest BCUT2D eigenvalue weighted by atomic mass is 16.5. The van der Waals surface area contributed by atoms with Gasteiger partial charge in [0.05, 0.1) is 7.11 Å². The van der Waals surface area contributed by atoms with E-state index in [1.165, 1.54) is 5.56 Å². The van der Waals surface area contributed by atoms with Gasteiger partial charge in [0.25, 0.3) is 0 Å². The molecule has 1 N–H and O–H groups in total. The highest BCUT2D eigenvalue weighted by Gasteiger charge is 2.29. The number of likely N-dealkylation sites (tertiary alicyclic amines) is 1. The number of amides is 1. The molecule has 2 aliphatic heterocycles. The first-order valence-corrected chi connectivity index (χ1v) is 12.9. The smallest absolute Gasteiger partial charge is 0.324 e. The van der Waals surface area contributed by atoms with E-state index in [2.05, 4.69) is 43.3 Å². The topological polar surface area (TPSA) is 83.7 Å². The molecule has 2 saturated heterocycles. The number of hydrogen-bond acceptors (Lipinski definition) is 7. The molecule has 2 aromatic carbocycles. The largest absolute Gasteiger partial charge is 0.497 e. The van der Waals surface area contributed by atoms with Crippen molar-refractivity contribution in [2.75, 3.05) is 44.7 Å². The normalized spacial score (nSPS) is 18.5. The van der Waals surface area contributed by atoms with Crippen LogP contribution in [0.3, 0.4) is 0 Å². The molecular formula is C29H33N5O3. The zero-order chi connectivity index (χ0) is 25.6. The van der Waals surface area contributed by atoms with E-state index in [9.17, 15) is 4.79 Å². The molecular weight excluding hydrogens is 466 g/mol. The Morgan fingerprint density at radius 3 is 2.57 bits per heavy atom. The summed E-state index contributed by atoms with van der Waals surface area (Å²) in [6, 6.07) is 16.3. The quantitative estimate of drug-likeness (QED) is 0.474. The molecule has 0 radical (unpaired) electrons. The van der Waals surface area contributed by atoms with Crippen molar-refractivity contribution in [1.82, 2.24) is 20.4 Å². The Hall–Kier alpha value is -3.83. The van der Waals surface area contributed by atoms with Crippen molar-refractivity contribution in [2.24, 2.45) is 11.8 Å². The Labute approximate surface area is 218 Å². The third-order valence-corrected chi connectivity index (χ3v) is 7.36.